The summed E-state index contributed by atoms with van der Waals surface area (Å²) in [5, 5.41) is 0.489. The Morgan fingerprint density at radius 3 is 2.84 bits per heavy atom. The molecule has 1 aliphatic rings. The molecule has 0 saturated carbocycles. The van der Waals surface area contributed by atoms with Crippen molar-refractivity contribution >= 4 is 11.6 Å². The van der Waals surface area contributed by atoms with Gasteiger partial charge in [-0.05, 0) is 54.2 Å². The number of aryl methyl sites for hydroxylation is 2. The number of nitrogens with two attached hydrogens (primary N) is 1. The number of pyridine rings is 1. The van der Waals surface area contributed by atoms with Gasteiger partial charge in [-0.3, -0.25) is 0 Å². The fraction of sp³-hybridized carbons (Fsp3) is 0.267. The molecule has 0 fully saturated rings. The van der Waals surface area contributed by atoms with Crippen LogP contribution in [-0.2, 0) is 19.4 Å². The Morgan fingerprint density at radius 1 is 1.21 bits per heavy atom. The van der Waals surface area contributed by atoms with E-state index in [1.54, 1.807) is 12.3 Å². The lowest BCUT2D eigenvalue weighted by Crippen LogP contribution is -1.98. The first kappa shape index (κ1) is 12.5. The van der Waals surface area contributed by atoms with E-state index in [4.69, 9.17) is 22.1 Å². The van der Waals surface area contributed by atoms with Gasteiger partial charge < -0.3 is 10.5 Å². The second-order valence-corrected chi connectivity index (χ2v) is 5.13. The monoisotopic (exact) mass is 274 g/mol. The van der Waals surface area contributed by atoms with Gasteiger partial charge in [0, 0.05) is 12.7 Å². The maximum atomic E-state index is 6.13. The Labute approximate surface area is 117 Å². The highest BCUT2D eigenvalue weighted by Gasteiger charge is 2.12. The second-order valence-electron chi connectivity index (χ2n) is 4.72. The normalized spacial score (nSPS) is 13.4. The van der Waals surface area contributed by atoms with E-state index < -0.39 is 0 Å². The summed E-state index contributed by atoms with van der Waals surface area (Å²) in [4.78, 5) is 4.20. The number of hydrogen-bond acceptors (Lipinski definition) is 3. The Morgan fingerprint density at radius 2 is 2.05 bits per heavy atom. The van der Waals surface area contributed by atoms with E-state index in [1.165, 1.54) is 24.0 Å². The average molecular weight is 275 g/mol. The zero-order valence-electron chi connectivity index (χ0n) is 10.5. The van der Waals surface area contributed by atoms with Crippen molar-refractivity contribution in [1.29, 1.82) is 0 Å². The Hall–Kier alpha value is -1.58. The molecule has 0 radical (unpaired) electrons. The molecule has 4 heteroatoms. The summed E-state index contributed by atoms with van der Waals surface area (Å²) >= 11 is 6.13. The zero-order valence-corrected chi connectivity index (χ0v) is 11.3. The molecule has 0 unspecified atom stereocenters. The van der Waals surface area contributed by atoms with Gasteiger partial charge in [0.05, 0.1) is 0 Å². The molecular weight excluding hydrogens is 260 g/mol. The predicted molar refractivity (Wildman–Crippen MR) is 75.7 cm³/mol. The quantitative estimate of drug-likeness (QED) is 0.932. The van der Waals surface area contributed by atoms with Gasteiger partial charge in [-0.2, -0.15) is 0 Å². The first-order valence-electron chi connectivity index (χ1n) is 6.40. The van der Waals surface area contributed by atoms with Crippen molar-refractivity contribution in [2.75, 3.05) is 0 Å². The number of rotatable bonds is 3. The summed E-state index contributed by atoms with van der Waals surface area (Å²) in [6.45, 7) is 0.422. The van der Waals surface area contributed by atoms with E-state index >= 15 is 0 Å². The summed E-state index contributed by atoms with van der Waals surface area (Å²) in [6.07, 6.45) is 5.21. The third-order valence-corrected chi connectivity index (χ3v) is 3.66. The highest BCUT2D eigenvalue weighted by atomic mass is 35.5. The summed E-state index contributed by atoms with van der Waals surface area (Å²) in [6, 6.07) is 7.97. The van der Waals surface area contributed by atoms with Gasteiger partial charge in [0.15, 0.2) is 0 Å². The van der Waals surface area contributed by atoms with Gasteiger partial charge in [0.2, 0.25) is 5.88 Å². The van der Waals surface area contributed by atoms with Crippen molar-refractivity contribution in [3.63, 3.8) is 0 Å². The van der Waals surface area contributed by atoms with E-state index in [-0.39, 0.29) is 0 Å². The molecular formula is C15H15ClN2O. The fourth-order valence-electron chi connectivity index (χ4n) is 2.38. The highest BCUT2D eigenvalue weighted by Crippen LogP contribution is 2.31. The fourth-order valence-corrected chi connectivity index (χ4v) is 2.60. The Bertz CT molecular complexity index is 613. The number of hydrogen-bond donors (Lipinski definition) is 1. The van der Waals surface area contributed by atoms with Crippen molar-refractivity contribution in [2.45, 2.75) is 25.8 Å². The summed E-state index contributed by atoms with van der Waals surface area (Å²) in [5.41, 5.74) is 9.23. The van der Waals surface area contributed by atoms with Crippen molar-refractivity contribution in [2.24, 2.45) is 5.73 Å². The van der Waals surface area contributed by atoms with E-state index in [1.807, 2.05) is 6.07 Å². The molecule has 0 aliphatic heterocycles. The maximum absolute atomic E-state index is 6.13. The Kier molecular flexibility index (Phi) is 3.40. The predicted octanol–water partition coefficient (Wildman–Crippen LogP) is 3.47. The highest BCUT2D eigenvalue weighted by molar-refractivity contribution is 6.31. The van der Waals surface area contributed by atoms with E-state index in [2.05, 4.69) is 17.1 Å². The smallest absolute Gasteiger partial charge is 0.238 e. The second kappa shape index (κ2) is 5.19. The van der Waals surface area contributed by atoms with Crippen LogP contribution in [0.25, 0.3) is 0 Å². The Balaban J connectivity index is 1.85. The third-order valence-electron chi connectivity index (χ3n) is 3.38. The lowest BCUT2D eigenvalue weighted by Gasteiger charge is -2.09. The van der Waals surface area contributed by atoms with Crippen LogP contribution < -0.4 is 10.5 Å². The minimum atomic E-state index is 0.422. The molecule has 0 bridgehead atoms. The molecule has 19 heavy (non-hydrogen) atoms. The van der Waals surface area contributed by atoms with Crippen molar-refractivity contribution < 1.29 is 4.74 Å². The van der Waals surface area contributed by atoms with Crippen LogP contribution in [0.2, 0.25) is 5.02 Å². The van der Waals surface area contributed by atoms with E-state index in [9.17, 15) is 0 Å². The standard InChI is InChI=1S/C15H15ClN2O/c16-14-6-10(8-17)9-18-15(14)19-13-5-4-11-2-1-3-12(11)7-13/h4-7,9H,1-3,8,17H2. The van der Waals surface area contributed by atoms with Gasteiger partial charge in [0.1, 0.15) is 10.8 Å². The first-order chi connectivity index (χ1) is 9.26. The molecule has 1 aromatic carbocycles. The van der Waals surface area contributed by atoms with Crippen molar-refractivity contribution in [3.8, 4) is 11.6 Å². The molecule has 2 N–H and O–H groups in total. The lowest BCUT2D eigenvalue weighted by molar-refractivity contribution is 0.462. The van der Waals surface area contributed by atoms with Gasteiger partial charge in [0.25, 0.3) is 0 Å². The molecule has 0 saturated heterocycles. The van der Waals surface area contributed by atoms with Gasteiger partial charge in [-0.25, -0.2) is 4.98 Å². The van der Waals surface area contributed by atoms with Crippen LogP contribution in [0.15, 0.2) is 30.5 Å². The number of halogens is 1. The van der Waals surface area contributed by atoms with E-state index in [0.29, 0.717) is 17.4 Å². The number of aromatic nitrogens is 1. The summed E-state index contributed by atoms with van der Waals surface area (Å²) < 4.78 is 5.75. The summed E-state index contributed by atoms with van der Waals surface area (Å²) in [7, 11) is 0. The van der Waals surface area contributed by atoms with Crippen LogP contribution in [0.5, 0.6) is 11.6 Å². The molecule has 1 aliphatic carbocycles. The van der Waals surface area contributed by atoms with Crippen LogP contribution in [0.4, 0.5) is 0 Å². The molecule has 1 heterocycles. The van der Waals surface area contributed by atoms with Crippen LogP contribution in [0, 0.1) is 0 Å². The molecule has 2 aromatic rings. The van der Waals surface area contributed by atoms with Gasteiger partial charge >= 0.3 is 0 Å². The average Bonchev–Trinajstić information content (AvgIpc) is 2.88. The number of fused-ring (bicyclic) bond motifs is 1. The molecule has 1 aromatic heterocycles. The van der Waals surface area contributed by atoms with Crippen LogP contribution in [0.1, 0.15) is 23.1 Å². The summed E-state index contributed by atoms with van der Waals surface area (Å²) in [5.74, 6) is 1.22. The number of nitrogens with zero attached hydrogens (tertiary/aromatic N) is 1. The number of ether oxygens (including phenoxy) is 1. The molecule has 3 nitrogen and oxygen atoms in total. The minimum absolute atomic E-state index is 0.422. The van der Waals surface area contributed by atoms with Crippen LogP contribution in [0.3, 0.4) is 0 Å². The molecule has 0 amide bonds. The molecule has 0 atom stereocenters. The first-order valence-corrected chi connectivity index (χ1v) is 6.78. The van der Waals surface area contributed by atoms with Crippen LogP contribution >= 0.6 is 11.6 Å². The van der Waals surface area contributed by atoms with Gasteiger partial charge in [-0.15, -0.1) is 0 Å². The SMILES string of the molecule is NCc1cnc(Oc2ccc3c(c2)CCC3)c(Cl)c1. The lowest BCUT2D eigenvalue weighted by atomic mass is 10.1. The minimum Gasteiger partial charge on any atom is -0.438 e. The topological polar surface area (TPSA) is 48.1 Å². The molecule has 0 spiro atoms. The largest absolute Gasteiger partial charge is 0.438 e. The van der Waals surface area contributed by atoms with Gasteiger partial charge in [-0.1, -0.05) is 17.7 Å². The zero-order chi connectivity index (χ0) is 13.2. The van der Waals surface area contributed by atoms with E-state index in [0.717, 1.165) is 17.7 Å². The molecule has 3 rings (SSSR count). The maximum Gasteiger partial charge on any atom is 0.238 e. The van der Waals surface area contributed by atoms with Crippen molar-refractivity contribution in [3.05, 3.63) is 52.2 Å². The van der Waals surface area contributed by atoms with Crippen molar-refractivity contribution in [1.82, 2.24) is 4.98 Å². The number of benzene rings is 1. The third kappa shape index (κ3) is 2.57. The molecule has 98 valence electrons. The van der Waals surface area contributed by atoms with Crippen LogP contribution in [-0.4, -0.2) is 4.98 Å².